The van der Waals surface area contributed by atoms with Crippen molar-refractivity contribution in [3.8, 4) is 0 Å². The van der Waals surface area contributed by atoms with Gasteiger partial charge >= 0.3 is 8.80 Å². The summed E-state index contributed by atoms with van der Waals surface area (Å²) in [6, 6.07) is 8.11. The molecular weight excluding hydrogens is 160 g/mol. The van der Waals surface area contributed by atoms with E-state index >= 15 is 0 Å². The lowest BCUT2D eigenvalue weighted by Gasteiger charge is -1.90. The predicted octanol–water partition coefficient (Wildman–Crippen LogP) is 2.30. The topological polar surface area (TPSA) is 0 Å². The second-order valence-corrected chi connectivity index (χ2v) is 5.52. The van der Waals surface area contributed by atoms with Crippen LogP contribution in [0.25, 0.3) is 0 Å². The average molecular weight is 170 g/mol. The van der Waals surface area contributed by atoms with E-state index in [1.165, 1.54) is 5.19 Å². The van der Waals surface area contributed by atoms with E-state index in [-0.39, 0.29) is 8.80 Å². The van der Waals surface area contributed by atoms with Gasteiger partial charge in [-0.15, -0.1) is 0 Å². The summed E-state index contributed by atoms with van der Waals surface area (Å²) in [4.78, 5) is 0. The summed E-state index contributed by atoms with van der Waals surface area (Å²) >= 11 is 5.81. The monoisotopic (exact) mass is 169 g/mol. The molecule has 0 unspecified atom stereocenters. The molecule has 0 spiro atoms. The lowest BCUT2D eigenvalue weighted by Crippen LogP contribution is -2.21. The van der Waals surface area contributed by atoms with Gasteiger partial charge < -0.3 is 0 Å². The SMILES string of the molecule is C[Si+](C)c1cccc(Cl)c1. The number of halogens is 1. The van der Waals surface area contributed by atoms with Crippen LogP contribution in [-0.2, 0) is 0 Å². The molecule has 10 heavy (non-hydrogen) atoms. The third kappa shape index (κ3) is 1.86. The summed E-state index contributed by atoms with van der Waals surface area (Å²) < 4.78 is 0. The van der Waals surface area contributed by atoms with Crippen LogP contribution in [-0.4, -0.2) is 8.80 Å². The normalized spacial score (nSPS) is 9.50. The predicted molar refractivity (Wildman–Crippen MR) is 48.6 cm³/mol. The van der Waals surface area contributed by atoms with Crippen molar-refractivity contribution in [3.05, 3.63) is 29.3 Å². The van der Waals surface area contributed by atoms with E-state index < -0.39 is 0 Å². The molecule has 0 amide bonds. The third-order valence-corrected chi connectivity index (χ3v) is 3.10. The number of hydrogen-bond donors (Lipinski definition) is 0. The first-order chi connectivity index (χ1) is 4.70. The van der Waals surface area contributed by atoms with Gasteiger partial charge in [-0.05, 0) is 18.2 Å². The molecule has 0 N–H and O–H groups in total. The first kappa shape index (κ1) is 7.83. The zero-order valence-corrected chi connectivity index (χ0v) is 7.94. The van der Waals surface area contributed by atoms with Crippen LogP contribution in [0.15, 0.2) is 24.3 Å². The number of benzene rings is 1. The van der Waals surface area contributed by atoms with Crippen molar-refractivity contribution < 1.29 is 0 Å². The molecule has 1 aromatic carbocycles. The molecule has 0 bridgehead atoms. The Morgan fingerprint density at radius 3 is 2.40 bits per heavy atom. The Kier molecular flexibility index (Phi) is 2.52. The van der Waals surface area contributed by atoms with Crippen LogP contribution in [0.1, 0.15) is 0 Å². The minimum absolute atomic E-state index is 0.319. The molecular formula is C8H10ClSi+. The highest BCUT2D eigenvalue weighted by Crippen LogP contribution is 2.04. The van der Waals surface area contributed by atoms with Crippen LogP contribution in [0.2, 0.25) is 18.1 Å². The zero-order chi connectivity index (χ0) is 7.56. The third-order valence-electron chi connectivity index (χ3n) is 1.40. The van der Waals surface area contributed by atoms with Crippen LogP contribution in [0.3, 0.4) is 0 Å². The highest BCUT2D eigenvalue weighted by molar-refractivity contribution is 6.70. The van der Waals surface area contributed by atoms with Crippen LogP contribution >= 0.6 is 11.6 Å². The van der Waals surface area contributed by atoms with Crippen LogP contribution in [0, 0.1) is 0 Å². The minimum atomic E-state index is -0.319. The Morgan fingerprint density at radius 2 is 2.00 bits per heavy atom. The molecule has 2 heteroatoms. The molecule has 0 aliphatic heterocycles. The zero-order valence-electron chi connectivity index (χ0n) is 6.19. The van der Waals surface area contributed by atoms with Crippen molar-refractivity contribution >= 4 is 25.6 Å². The molecule has 0 aliphatic carbocycles. The minimum Gasteiger partial charge on any atom is -0.0842 e. The molecule has 0 nitrogen and oxygen atoms in total. The van der Waals surface area contributed by atoms with E-state index in [0.29, 0.717) is 0 Å². The van der Waals surface area contributed by atoms with Crippen molar-refractivity contribution in [2.75, 3.05) is 0 Å². The van der Waals surface area contributed by atoms with Crippen molar-refractivity contribution in [2.45, 2.75) is 13.1 Å². The Morgan fingerprint density at radius 1 is 1.30 bits per heavy atom. The molecule has 0 atom stereocenters. The Labute approximate surface area is 68.4 Å². The molecule has 0 aliphatic rings. The quantitative estimate of drug-likeness (QED) is 0.566. The van der Waals surface area contributed by atoms with Crippen molar-refractivity contribution in [1.29, 1.82) is 0 Å². The van der Waals surface area contributed by atoms with Gasteiger partial charge in [-0.25, -0.2) is 0 Å². The van der Waals surface area contributed by atoms with Gasteiger partial charge in [-0.3, -0.25) is 0 Å². The summed E-state index contributed by atoms with van der Waals surface area (Å²) in [7, 11) is -0.319. The van der Waals surface area contributed by atoms with E-state index in [4.69, 9.17) is 11.6 Å². The van der Waals surface area contributed by atoms with E-state index in [1.807, 2.05) is 12.1 Å². The van der Waals surface area contributed by atoms with Crippen LogP contribution in [0.4, 0.5) is 0 Å². The van der Waals surface area contributed by atoms with Gasteiger partial charge in [0.25, 0.3) is 0 Å². The van der Waals surface area contributed by atoms with E-state index in [1.54, 1.807) is 0 Å². The first-order valence-electron chi connectivity index (χ1n) is 3.26. The van der Waals surface area contributed by atoms with Crippen molar-refractivity contribution in [2.24, 2.45) is 0 Å². The fraction of sp³-hybridized carbons (Fsp3) is 0.250. The number of hydrogen-bond acceptors (Lipinski definition) is 0. The van der Waals surface area contributed by atoms with Gasteiger partial charge in [-0.2, -0.15) is 0 Å². The van der Waals surface area contributed by atoms with Gasteiger partial charge in [0, 0.05) is 5.02 Å². The van der Waals surface area contributed by atoms with Gasteiger partial charge in [0.15, 0.2) is 0 Å². The Hall–Kier alpha value is -0.273. The standard InChI is InChI=1S/C8H10ClSi/c1-10(2)8-5-3-4-7(9)6-8/h3-6H,1-2H3/q+1. The van der Waals surface area contributed by atoms with Crippen LogP contribution in [0.5, 0.6) is 0 Å². The van der Waals surface area contributed by atoms with Gasteiger partial charge in [-0.1, -0.05) is 17.7 Å². The molecule has 1 aromatic rings. The fourth-order valence-electron chi connectivity index (χ4n) is 0.799. The summed E-state index contributed by atoms with van der Waals surface area (Å²) in [6.07, 6.45) is 0. The second kappa shape index (κ2) is 3.22. The van der Waals surface area contributed by atoms with Crippen molar-refractivity contribution in [1.82, 2.24) is 0 Å². The molecule has 0 saturated carbocycles. The maximum atomic E-state index is 5.81. The summed E-state index contributed by atoms with van der Waals surface area (Å²) in [6.45, 7) is 4.52. The summed E-state index contributed by atoms with van der Waals surface area (Å²) in [5.41, 5.74) is 0. The molecule has 0 radical (unpaired) electrons. The first-order valence-corrected chi connectivity index (χ1v) is 6.14. The van der Waals surface area contributed by atoms with E-state index in [2.05, 4.69) is 25.2 Å². The second-order valence-electron chi connectivity index (χ2n) is 2.51. The maximum absolute atomic E-state index is 5.81. The van der Waals surface area contributed by atoms with Gasteiger partial charge in [0.2, 0.25) is 0 Å². The summed E-state index contributed by atoms with van der Waals surface area (Å²) in [5, 5.41) is 2.25. The largest absolute Gasteiger partial charge is 0.345 e. The molecule has 1 rings (SSSR count). The average Bonchev–Trinajstić information content (AvgIpc) is 1.88. The maximum Gasteiger partial charge on any atom is 0.345 e. The molecule has 0 fully saturated rings. The lowest BCUT2D eigenvalue weighted by atomic mass is 10.4. The molecule has 0 aromatic heterocycles. The Bertz CT molecular complexity index is 220. The highest BCUT2D eigenvalue weighted by atomic mass is 35.5. The fourth-order valence-corrected chi connectivity index (χ4v) is 1.96. The smallest absolute Gasteiger partial charge is 0.0842 e. The van der Waals surface area contributed by atoms with Crippen LogP contribution < -0.4 is 5.19 Å². The lowest BCUT2D eigenvalue weighted by molar-refractivity contribution is 1.74. The Balaban J connectivity index is 2.96. The van der Waals surface area contributed by atoms with E-state index in [0.717, 1.165) is 5.02 Å². The highest BCUT2D eigenvalue weighted by Gasteiger charge is 2.14. The molecule has 52 valence electrons. The summed E-state index contributed by atoms with van der Waals surface area (Å²) in [5.74, 6) is 0. The van der Waals surface area contributed by atoms with Gasteiger partial charge in [0.05, 0.1) is 18.3 Å². The van der Waals surface area contributed by atoms with Gasteiger partial charge in [0.1, 0.15) is 0 Å². The van der Waals surface area contributed by atoms with E-state index in [9.17, 15) is 0 Å². The number of rotatable bonds is 1. The molecule has 0 saturated heterocycles. The van der Waals surface area contributed by atoms with Crippen molar-refractivity contribution in [3.63, 3.8) is 0 Å². The molecule has 0 heterocycles.